The van der Waals surface area contributed by atoms with Crippen LogP contribution in [0.3, 0.4) is 0 Å². The number of carbonyl (C=O) groups excluding carboxylic acids is 2. The summed E-state index contributed by atoms with van der Waals surface area (Å²) in [5, 5.41) is 12.8. The van der Waals surface area contributed by atoms with E-state index < -0.39 is 0 Å². The molecule has 3 aliphatic heterocycles. The van der Waals surface area contributed by atoms with E-state index in [1.54, 1.807) is 24.3 Å². The molecule has 27 heavy (non-hydrogen) atoms. The lowest BCUT2D eigenvalue weighted by atomic mass is 9.84. The second-order valence-corrected chi connectivity index (χ2v) is 6.90. The van der Waals surface area contributed by atoms with Gasteiger partial charge in [0.05, 0.1) is 0 Å². The van der Waals surface area contributed by atoms with E-state index in [1.165, 1.54) is 6.92 Å². The smallest absolute Gasteiger partial charge is 0.410 e. The van der Waals surface area contributed by atoms with Crippen LogP contribution in [0.4, 0.5) is 6.01 Å². The number of anilines is 1. The van der Waals surface area contributed by atoms with Crippen LogP contribution in [0.5, 0.6) is 11.8 Å². The van der Waals surface area contributed by atoms with Gasteiger partial charge in [0.15, 0.2) is 0 Å². The highest BCUT2D eigenvalue weighted by Gasteiger charge is 2.34. The number of amides is 2. The summed E-state index contributed by atoms with van der Waals surface area (Å²) in [6.07, 6.45) is 2.22. The monoisotopic (exact) mass is 371 g/mol. The fourth-order valence-corrected chi connectivity index (χ4v) is 3.61. The van der Waals surface area contributed by atoms with Crippen LogP contribution in [0.2, 0.25) is 0 Å². The van der Waals surface area contributed by atoms with E-state index in [2.05, 4.69) is 25.7 Å². The van der Waals surface area contributed by atoms with Crippen molar-refractivity contribution in [2.75, 3.05) is 25.0 Å². The quantitative estimate of drug-likeness (QED) is 0.822. The van der Waals surface area contributed by atoms with Crippen LogP contribution in [0, 0.1) is 5.92 Å². The Hall–Kier alpha value is -2.94. The zero-order chi connectivity index (χ0) is 18.8. The molecule has 142 valence electrons. The van der Waals surface area contributed by atoms with Gasteiger partial charge in [-0.2, -0.15) is 0 Å². The minimum atomic E-state index is -0.316. The number of hydrogen-bond acceptors (Lipinski definition) is 7. The number of ether oxygens (including phenoxy) is 1. The first-order valence-corrected chi connectivity index (χ1v) is 8.99. The van der Waals surface area contributed by atoms with Gasteiger partial charge in [0.25, 0.3) is 5.91 Å². The Morgan fingerprint density at radius 1 is 1.19 bits per heavy atom. The maximum atomic E-state index is 12.5. The van der Waals surface area contributed by atoms with Crippen molar-refractivity contribution in [2.24, 2.45) is 5.92 Å². The molecule has 1 aromatic carbocycles. The summed E-state index contributed by atoms with van der Waals surface area (Å²) in [6, 6.07) is 6.89. The number of hydrogen-bond donors (Lipinski definition) is 2. The van der Waals surface area contributed by atoms with Crippen molar-refractivity contribution < 1.29 is 18.7 Å². The molecular weight excluding hydrogens is 350 g/mol. The first-order valence-electron chi connectivity index (χ1n) is 8.99. The zero-order valence-corrected chi connectivity index (χ0v) is 15.0. The van der Waals surface area contributed by atoms with E-state index in [1.807, 2.05) is 0 Å². The van der Waals surface area contributed by atoms with Gasteiger partial charge in [-0.25, -0.2) is 0 Å². The lowest BCUT2D eigenvalue weighted by molar-refractivity contribution is -0.114. The van der Waals surface area contributed by atoms with Crippen molar-refractivity contribution in [3.8, 4) is 11.8 Å². The van der Waals surface area contributed by atoms with E-state index in [0.29, 0.717) is 17.2 Å². The molecule has 0 saturated carbocycles. The summed E-state index contributed by atoms with van der Waals surface area (Å²) in [6.45, 7) is 4.56. The highest BCUT2D eigenvalue weighted by atomic mass is 16.6. The van der Waals surface area contributed by atoms with Gasteiger partial charge >= 0.3 is 12.1 Å². The lowest BCUT2D eigenvalue weighted by Gasteiger charge is -2.44. The molecule has 0 spiro atoms. The molecule has 3 saturated heterocycles. The van der Waals surface area contributed by atoms with Gasteiger partial charge in [0, 0.05) is 25.1 Å². The van der Waals surface area contributed by atoms with Crippen LogP contribution in [0.1, 0.15) is 30.1 Å². The van der Waals surface area contributed by atoms with Gasteiger partial charge in [0.1, 0.15) is 5.75 Å². The van der Waals surface area contributed by atoms with Crippen LogP contribution >= 0.6 is 0 Å². The third kappa shape index (κ3) is 4.08. The van der Waals surface area contributed by atoms with Crippen LogP contribution in [0.15, 0.2) is 28.7 Å². The molecule has 1 aromatic heterocycles. The Morgan fingerprint density at radius 2 is 1.93 bits per heavy atom. The summed E-state index contributed by atoms with van der Waals surface area (Å²) < 4.78 is 10.6. The topological polar surface area (TPSA) is 110 Å². The van der Waals surface area contributed by atoms with Crippen LogP contribution in [0.25, 0.3) is 0 Å². The van der Waals surface area contributed by atoms with Gasteiger partial charge in [-0.05, 0) is 56.1 Å². The third-order valence-electron chi connectivity index (χ3n) is 4.98. The van der Waals surface area contributed by atoms with Gasteiger partial charge in [-0.15, -0.1) is 0 Å². The van der Waals surface area contributed by atoms with E-state index in [-0.39, 0.29) is 29.9 Å². The van der Waals surface area contributed by atoms with Gasteiger partial charge < -0.3 is 19.4 Å². The van der Waals surface area contributed by atoms with E-state index >= 15 is 0 Å². The van der Waals surface area contributed by atoms with Gasteiger partial charge in [-0.1, -0.05) is 10.2 Å². The number of benzene rings is 1. The largest absolute Gasteiger partial charge is 0.421 e. The molecule has 2 aromatic rings. The van der Waals surface area contributed by atoms with Crippen LogP contribution in [-0.4, -0.2) is 52.6 Å². The first-order chi connectivity index (χ1) is 13.1. The summed E-state index contributed by atoms with van der Waals surface area (Å²) >= 11 is 0. The summed E-state index contributed by atoms with van der Waals surface area (Å²) in [7, 11) is 0. The molecule has 3 aliphatic rings. The van der Waals surface area contributed by atoms with Crippen LogP contribution in [-0.2, 0) is 4.79 Å². The number of fused-ring (bicyclic) bond motifs is 3. The Balaban J connectivity index is 1.35. The van der Waals surface area contributed by atoms with E-state index in [4.69, 9.17) is 9.15 Å². The van der Waals surface area contributed by atoms with E-state index in [0.717, 1.165) is 32.5 Å². The molecule has 3 fully saturated rings. The lowest BCUT2D eigenvalue weighted by Crippen LogP contribution is -2.57. The molecule has 0 radical (unpaired) electrons. The van der Waals surface area contributed by atoms with Crippen molar-refractivity contribution in [3.63, 3.8) is 0 Å². The minimum absolute atomic E-state index is 0.0361. The maximum absolute atomic E-state index is 12.5. The predicted molar refractivity (Wildman–Crippen MR) is 95.5 cm³/mol. The second-order valence-electron chi connectivity index (χ2n) is 6.90. The molecule has 9 nitrogen and oxygen atoms in total. The molecule has 5 rings (SSSR count). The molecular formula is C18H21N5O4. The highest BCUT2D eigenvalue weighted by molar-refractivity contribution is 5.94. The number of nitrogens with one attached hydrogen (secondary N) is 2. The standard InChI is InChI=1S/C18H21N5O4/c1-11(24)19-17-21-22-18(27-17)26-14-4-2-13(3-5-14)16(25)20-15-10-23-8-6-12(15)7-9-23/h2-5,12,15H,6-10H2,1H3,(H,20,25)(H,19,21,24). The Bertz CT molecular complexity index is 827. The molecule has 0 aliphatic carbocycles. The number of rotatable bonds is 5. The number of carbonyl (C=O) groups is 2. The fourth-order valence-electron chi connectivity index (χ4n) is 3.61. The molecule has 2 amide bonds. The maximum Gasteiger partial charge on any atom is 0.421 e. The fraction of sp³-hybridized carbons (Fsp3) is 0.444. The van der Waals surface area contributed by atoms with Crippen LogP contribution < -0.4 is 15.4 Å². The predicted octanol–water partition coefficient (Wildman–Crippen LogP) is 1.64. The summed E-state index contributed by atoms with van der Waals surface area (Å²) in [5.74, 6) is 0.638. The molecule has 9 heteroatoms. The average molecular weight is 371 g/mol. The first kappa shape index (κ1) is 17.5. The molecule has 4 heterocycles. The SMILES string of the molecule is CC(=O)Nc1nnc(Oc2ccc(C(=O)NC3CN4CCC3CC4)cc2)o1. The van der Waals surface area contributed by atoms with E-state index in [9.17, 15) is 9.59 Å². The summed E-state index contributed by atoms with van der Waals surface area (Å²) in [4.78, 5) is 25.9. The Labute approximate surface area is 156 Å². The van der Waals surface area contributed by atoms with Crippen molar-refractivity contribution in [3.05, 3.63) is 29.8 Å². The molecule has 1 atom stereocenters. The van der Waals surface area contributed by atoms with Crippen molar-refractivity contribution in [1.82, 2.24) is 20.4 Å². The number of aromatic nitrogens is 2. The zero-order valence-electron chi connectivity index (χ0n) is 15.0. The van der Waals surface area contributed by atoms with Gasteiger partial charge in [-0.3, -0.25) is 14.9 Å². The van der Waals surface area contributed by atoms with Crippen molar-refractivity contribution >= 4 is 17.8 Å². The molecule has 2 N–H and O–H groups in total. The Kier molecular flexibility index (Phi) is 4.76. The minimum Gasteiger partial charge on any atom is -0.410 e. The third-order valence-corrected chi connectivity index (χ3v) is 4.98. The number of nitrogens with zero attached hydrogens (tertiary/aromatic N) is 3. The normalized spacial score (nSPS) is 23.7. The highest BCUT2D eigenvalue weighted by Crippen LogP contribution is 2.28. The molecule has 2 bridgehead atoms. The summed E-state index contributed by atoms with van der Waals surface area (Å²) in [5.41, 5.74) is 0.572. The van der Waals surface area contributed by atoms with Crippen molar-refractivity contribution in [2.45, 2.75) is 25.8 Å². The molecule has 1 unspecified atom stereocenters. The van der Waals surface area contributed by atoms with Gasteiger partial charge in [0.2, 0.25) is 5.91 Å². The van der Waals surface area contributed by atoms with Crippen molar-refractivity contribution in [1.29, 1.82) is 0 Å². The second kappa shape index (κ2) is 7.36. The number of piperidine rings is 3. The average Bonchev–Trinajstić information content (AvgIpc) is 3.09. The Morgan fingerprint density at radius 3 is 2.56 bits per heavy atom.